The summed E-state index contributed by atoms with van der Waals surface area (Å²) in [5.41, 5.74) is 3.87. The second kappa shape index (κ2) is 7.89. The molecule has 4 nitrogen and oxygen atoms in total. The Morgan fingerprint density at radius 1 is 0.846 bits per heavy atom. The lowest BCUT2D eigenvalue weighted by atomic mass is 10.0. The number of nitrogens with zero attached hydrogens (tertiary/aromatic N) is 2. The van der Waals surface area contributed by atoms with Crippen LogP contribution in [0, 0.1) is 0 Å². The predicted molar refractivity (Wildman–Crippen MR) is 104 cm³/mol. The number of hydrogen-bond donors (Lipinski definition) is 0. The highest BCUT2D eigenvalue weighted by molar-refractivity contribution is 5.63. The number of rotatable bonds is 4. The highest BCUT2D eigenvalue weighted by atomic mass is 16.6. The maximum atomic E-state index is 6.14. The summed E-state index contributed by atoms with van der Waals surface area (Å²) in [5.74, 6) is 0. The molecule has 2 aromatic rings. The SMILES string of the molecule is CN(C)C1CO[C@H]2CN(Cc3ccc(-c4ccccc4)cc3)C[C@@H]2OC1. The predicted octanol–water partition coefficient (Wildman–Crippen LogP) is 2.88. The van der Waals surface area contributed by atoms with E-state index < -0.39 is 0 Å². The number of benzene rings is 2. The Kier molecular flexibility index (Phi) is 5.36. The quantitative estimate of drug-likeness (QED) is 0.845. The largest absolute Gasteiger partial charge is 0.372 e. The summed E-state index contributed by atoms with van der Waals surface area (Å²) in [6.07, 6.45) is 0.395. The highest BCUT2D eigenvalue weighted by Crippen LogP contribution is 2.24. The Balaban J connectivity index is 1.35. The summed E-state index contributed by atoms with van der Waals surface area (Å²) in [6, 6.07) is 19.8. The molecule has 2 aliphatic heterocycles. The van der Waals surface area contributed by atoms with E-state index in [0.29, 0.717) is 6.04 Å². The zero-order valence-corrected chi connectivity index (χ0v) is 15.7. The molecule has 2 fully saturated rings. The topological polar surface area (TPSA) is 24.9 Å². The average Bonchev–Trinajstić information content (AvgIpc) is 2.93. The molecule has 4 rings (SSSR count). The van der Waals surface area contributed by atoms with Crippen LogP contribution in [-0.2, 0) is 16.0 Å². The summed E-state index contributed by atoms with van der Waals surface area (Å²) in [5, 5.41) is 0. The molecule has 0 radical (unpaired) electrons. The van der Waals surface area contributed by atoms with Gasteiger partial charge in [-0.05, 0) is 30.8 Å². The van der Waals surface area contributed by atoms with Crippen molar-refractivity contribution in [2.45, 2.75) is 24.8 Å². The first-order chi connectivity index (χ1) is 12.7. The van der Waals surface area contributed by atoms with Gasteiger partial charge in [-0.2, -0.15) is 0 Å². The average molecular weight is 352 g/mol. The van der Waals surface area contributed by atoms with Gasteiger partial charge in [-0.25, -0.2) is 0 Å². The fourth-order valence-corrected chi connectivity index (χ4v) is 3.77. The fourth-order valence-electron chi connectivity index (χ4n) is 3.77. The first-order valence-electron chi connectivity index (χ1n) is 9.45. The monoisotopic (exact) mass is 352 g/mol. The van der Waals surface area contributed by atoms with Crippen LogP contribution < -0.4 is 0 Å². The van der Waals surface area contributed by atoms with Gasteiger partial charge in [0.25, 0.3) is 0 Å². The summed E-state index contributed by atoms with van der Waals surface area (Å²) in [7, 11) is 4.17. The van der Waals surface area contributed by atoms with Gasteiger partial charge in [-0.15, -0.1) is 0 Å². The van der Waals surface area contributed by atoms with Crippen LogP contribution in [0.1, 0.15) is 5.56 Å². The van der Waals surface area contributed by atoms with Crippen LogP contribution in [-0.4, -0.2) is 68.4 Å². The zero-order chi connectivity index (χ0) is 17.9. The third kappa shape index (κ3) is 3.99. The van der Waals surface area contributed by atoms with Crippen molar-refractivity contribution in [1.82, 2.24) is 9.80 Å². The number of hydrogen-bond acceptors (Lipinski definition) is 4. The molecule has 2 aliphatic rings. The Morgan fingerprint density at radius 2 is 1.42 bits per heavy atom. The normalized spacial score (nSPS) is 24.6. The molecule has 0 saturated carbocycles. The first kappa shape index (κ1) is 17.7. The van der Waals surface area contributed by atoms with Crippen LogP contribution in [0.5, 0.6) is 0 Å². The highest BCUT2D eigenvalue weighted by Gasteiger charge is 2.37. The Morgan fingerprint density at radius 3 is 2.00 bits per heavy atom. The van der Waals surface area contributed by atoms with Crippen molar-refractivity contribution < 1.29 is 9.47 Å². The molecule has 0 spiro atoms. The third-order valence-corrected chi connectivity index (χ3v) is 5.49. The summed E-state index contributed by atoms with van der Waals surface area (Å²) in [4.78, 5) is 4.63. The molecule has 2 aromatic carbocycles. The molecule has 2 saturated heterocycles. The minimum absolute atomic E-state index is 0.198. The minimum Gasteiger partial charge on any atom is -0.372 e. The minimum atomic E-state index is 0.198. The van der Waals surface area contributed by atoms with E-state index in [4.69, 9.17) is 9.47 Å². The molecule has 138 valence electrons. The smallest absolute Gasteiger partial charge is 0.0976 e. The number of likely N-dealkylation sites (N-methyl/N-ethyl adjacent to an activating group) is 1. The van der Waals surface area contributed by atoms with Crippen LogP contribution >= 0.6 is 0 Å². The van der Waals surface area contributed by atoms with Crippen molar-refractivity contribution in [3.8, 4) is 11.1 Å². The Hall–Kier alpha value is -1.72. The van der Waals surface area contributed by atoms with Crippen molar-refractivity contribution >= 4 is 0 Å². The van der Waals surface area contributed by atoms with Crippen LogP contribution in [0.4, 0.5) is 0 Å². The van der Waals surface area contributed by atoms with Gasteiger partial charge in [0.2, 0.25) is 0 Å². The maximum absolute atomic E-state index is 6.14. The van der Waals surface area contributed by atoms with Crippen LogP contribution in [0.15, 0.2) is 54.6 Å². The molecule has 0 aromatic heterocycles. The lowest BCUT2D eigenvalue weighted by molar-refractivity contribution is -0.00461. The van der Waals surface area contributed by atoms with E-state index >= 15 is 0 Å². The molecule has 2 atom stereocenters. The van der Waals surface area contributed by atoms with Crippen LogP contribution in [0.25, 0.3) is 11.1 Å². The lowest BCUT2D eigenvalue weighted by Crippen LogP contribution is -2.36. The summed E-state index contributed by atoms with van der Waals surface area (Å²) >= 11 is 0. The van der Waals surface area contributed by atoms with Gasteiger partial charge in [0, 0.05) is 19.6 Å². The van der Waals surface area contributed by atoms with Crippen molar-refractivity contribution in [1.29, 1.82) is 0 Å². The van der Waals surface area contributed by atoms with Gasteiger partial charge in [-0.1, -0.05) is 54.6 Å². The maximum Gasteiger partial charge on any atom is 0.0976 e. The zero-order valence-electron chi connectivity index (χ0n) is 15.7. The second-order valence-electron chi connectivity index (χ2n) is 7.62. The van der Waals surface area contributed by atoms with Crippen LogP contribution in [0.3, 0.4) is 0 Å². The van der Waals surface area contributed by atoms with E-state index in [9.17, 15) is 0 Å². The Bertz CT molecular complexity index is 686. The standard InChI is InChI=1S/C22H28N2O2/c1-23(2)20-15-25-21-13-24(14-22(21)26-16-20)12-17-8-10-19(11-9-17)18-6-4-3-5-7-18/h3-11,20-22H,12-16H2,1-2H3/t21-,22-/m0/s1. The molecule has 26 heavy (non-hydrogen) atoms. The van der Waals surface area contributed by atoms with Gasteiger partial charge in [-0.3, -0.25) is 4.90 Å². The Labute approximate surface area is 156 Å². The number of likely N-dealkylation sites (tertiary alicyclic amines) is 1. The van der Waals surface area contributed by atoms with Crippen molar-refractivity contribution in [2.24, 2.45) is 0 Å². The molecule has 0 amide bonds. The molecule has 2 heterocycles. The van der Waals surface area contributed by atoms with E-state index in [1.54, 1.807) is 0 Å². The van der Waals surface area contributed by atoms with E-state index in [1.165, 1.54) is 16.7 Å². The molecule has 0 N–H and O–H groups in total. The molecule has 0 aliphatic carbocycles. The van der Waals surface area contributed by atoms with E-state index in [2.05, 4.69) is 78.5 Å². The number of ether oxygens (including phenoxy) is 2. The van der Waals surface area contributed by atoms with E-state index in [-0.39, 0.29) is 12.2 Å². The van der Waals surface area contributed by atoms with Crippen LogP contribution in [0.2, 0.25) is 0 Å². The summed E-state index contributed by atoms with van der Waals surface area (Å²) in [6.45, 7) is 4.37. The van der Waals surface area contributed by atoms with Crippen molar-refractivity contribution in [3.63, 3.8) is 0 Å². The van der Waals surface area contributed by atoms with Gasteiger partial charge in [0.15, 0.2) is 0 Å². The molecule has 0 unspecified atom stereocenters. The fraction of sp³-hybridized carbons (Fsp3) is 0.455. The summed E-state index contributed by atoms with van der Waals surface area (Å²) < 4.78 is 12.3. The number of fused-ring (bicyclic) bond motifs is 1. The second-order valence-corrected chi connectivity index (χ2v) is 7.62. The van der Waals surface area contributed by atoms with E-state index in [0.717, 1.165) is 32.8 Å². The van der Waals surface area contributed by atoms with Crippen molar-refractivity contribution in [2.75, 3.05) is 40.4 Å². The molecule has 0 bridgehead atoms. The third-order valence-electron chi connectivity index (χ3n) is 5.49. The molecular weight excluding hydrogens is 324 g/mol. The molecular formula is C22H28N2O2. The molecule has 4 heteroatoms. The van der Waals surface area contributed by atoms with Gasteiger partial charge in [0.05, 0.1) is 31.5 Å². The first-order valence-corrected chi connectivity index (χ1v) is 9.45. The van der Waals surface area contributed by atoms with E-state index in [1.807, 2.05) is 0 Å². The van der Waals surface area contributed by atoms with Crippen molar-refractivity contribution in [3.05, 3.63) is 60.2 Å². The lowest BCUT2D eigenvalue weighted by Gasteiger charge is -2.23. The van der Waals surface area contributed by atoms with Gasteiger partial charge < -0.3 is 14.4 Å². The van der Waals surface area contributed by atoms with Gasteiger partial charge >= 0.3 is 0 Å². The van der Waals surface area contributed by atoms with Gasteiger partial charge in [0.1, 0.15) is 0 Å².